The highest BCUT2D eigenvalue weighted by molar-refractivity contribution is 7.18. The van der Waals surface area contributed by atoms with Gasteiger partial charge in [0, 0.05) is 12.0 Å². The summed E-state index contributed by atoms with van der Waals surface area (Å²) in [4.78, 5) is 28.7. The fraction of sp³-hybridized carbons (Fsp3) is 0.364. The number of anilines is 1. The zero-order chi connectivity index (χ0) is 23.3. The molecule has 1 N–H and O–H groups in total. The number of nitrogens with zero attached hydrogens (tertiary/aromatic N) is 2. The number of rotatable bonds is 4. The molecule has 1 amide bonds. The van der Waals surface area contributed by atoms with Crippen molar-refractivity contribution in [1.29, 1.82) is 0 Å². The predicted molar refractivity (Wildman–Crippen MR) is 116 cm³/mol. The molecule has 1 aliphatic carbocycles. The molecule has 1 aliphatic rings. The summed E-state index contributed by atoms with van der Waals surface area (Å²) in [6.45, 7) is 2.00. The van der Waals surface area contributed by atoms with Crippen LogP contribution in [0, 0.1) is 0 Å². The van der Waals surface area contributed by atoms with Gasteiger partial charge in [-0.3, -0.25) is 4.79 Å². The normalized spacial score (nSPS) is 14.5. The number of methoxy groups -OCH3 is 1. The van der Waals surface area contributed by atoms with Crippen LogP contribution >= 0.6 is 11.3 Å². The van der Waals surface area contributed by atoms with Crippen LogP contribution in [-0.4, -0.2) is 29.8 Å². The van der Waals surface area contributed by atoms with Gasteiger partial charge in [-0.25, -0.2) is 9.97 Å². The van der Waals surface area contributed by atoms with Crippen LogP contribution < -0.4 is 10.1 Å². The number of carbonyl (C=O) groups is 2. The highest BCUT2D eigenvalue weighted by atomic mass is 32.1. The maximum atomic E-state index is 12.9. The molecule has 0 unspecified atom stereocenters. The second-order valence-corrected chi connectivity index (χ2v) is 8.33. The van der Waals surface area contributed by atoms with Gasteiger partial charge in [0.25, 0.3) is 5.91 Å². The zero-order valence-corrected chi connectivity index (χ0v) is 18.2. The third kappa shape index (κ3) is 5.24. The van der Waals surface area contributed by atoms with Crippen LogP contribution in [0.25, 0.3) is 10.2 Å². The SMILES string of the molecule is C=O.COc1cc2nc(C3CCCCC3)sc2cc1NC(=O)c1cccc(C(F)(F)F)n1. The Balaban J connectivity index is 0.00000141. The number of hydrogen-bond acceptors (Lipinski definition) is 6. The second-order valence-electron chi connectivity index (χ2n) is 7.27. The third-order valence-electron chi connectivity index (χ3n) is 5.20. The van der Waals surface area contributed by atoms with Gasteiger partial charge in [-0.15, -0.1) is 11.3 Å². The highest BCUT2D eigenvalue weighted by Gasteiger charge is 2.33. The molecule has 0 atom stereocenters. The van der Waals surface area contributed by atoms with E-state index in [1.807, 2.05) is 6.79 Å². The van der Waals surface area contributed by atoms with Crippen molar-refractivity contribution in [3.63, 3.8) is 0 Å². The molecule has 32 heavy (non-hydrogen) atoms. The number of fused-ring (bicyclic) bond motifs is 1. The van der Waals surface area contributed by atoms with E-state index in [1.54, 1.807) is 23.5 Å². The van der Waals surface area contributed by atoms with Crippen molar-refractivity contribution < 1.29 is 27.5 Å². The van der Waals surface area contributed by atoms with Crippen molar-refractivity contribution in [1.82, 2.24) is 9.97 Å². The Morgan fingerprint density at radius 3 is 2.53 bits per heavy atom. The Morgan fingerprint density at radius 1 is 1.16 bits per heavy atom. The molecule has 0 aliphatic heterocycles. The first-order valence-electron chi connectivity index (χ1n) is 9.98. The smallest absolute Gasteiger partial charge is 0.433 e. The minimum Gasteiger partial charge on any atom is -0.494 e. The van der Waals surface area contributed by atoms with Crippen LogP contribution in [-0.2, 0) is 11.0 Å². The molecule has 2 aromatic heterocycles. The van der Waals surface area contributed by atoms with Gasteiger partial charge in [0.1, 0.15) is 23.9 Å². The van der Waals surface area contributed by atoms with E-state index in [4.69, 9.17) is 14.5 Å². The molecule has 3 aromatic rings. The lowest BCUT2D eigenvalue weighted by Crippen LogP contribution is -2.17. The number of alkyl halides is 3. The first-order chi connectivity index (χ1) is 15.3. The number of thiazole rings is 1. The molecule has 4 rings (SSSR count). The largest absolute Gasteiger partial charge is 0.494 e. The first-order valence-corrected chi connectivity index (χ1v) is 10.8. The Kier molecular flexibility index (Phi) is 7.44. The minimum absolute atomic E-state index is 0.320. The zero-order valence-electron chi connectivity index (χ0n) is 17.4. The molecular formula is C22H22F3N3O3S. The molecule has 1 fully saturated rings. The number of nitrogens with one attached hydrogen (secondary N) is 1. The molecule has 2 heterocycles. The van der Waals surface area contributed by atoms with Gasteiger partial charge in [0.05, 0.1) is 28.0 Å². The summed E-state index contributed by atoms with van der Waals surface area (Å²) < 4.78 is 44.9. The number of aromatic nitrogens is 2. The molecule has 0 bridgehead atoms. The molecule has 6 nitrogen and oxygen atoms in total. The molecule has 1 saturated carbocycles. The van der Waals surface area contributed by atoms with E-state index in [9.17, 15) is 18.0 Å². The highest BCUT2D eigenvalue weighted by Crippen LogP contribution is 2.39. The lowest BCUT2D eigenvalue weighted by atomic mass is 9.90. The summed E-state index contributed by atoms with van der Waals surface area (Å²) in [5.74, 6) is 0.105. The third-order valence-corrected chi connectivity index (χ3v) is 6.38. The summed E-state index contributed by atoms with van der Waals surface area (Å²) in [5, 5.41) is 3.70. The lowest BCUT2D eigenvalue weighted by Gasteiger charge is -2.18. The van der Waals surface area contributed by atoms with Gasteiger partial charge in [-0.1, -0.05) is 25.3 Å². The number of hydrogen-bond donors (Lipinski definition) is 1. The van der Waals surface area contributed by atoms with Gasteiger partial charge in [-0.05, 0) is 31.0 Å². The van der Waals surface area contributed by atoms with Crippen LogP contribution in [0.1, 0.15) is 59.2 Å². The van der Waals surface area contributed by atoms with E-state index in [2.05, 4.69) is 10.3 Å². The van der Waals surface area contributed by atoms with Crippen LogP contribution in [0.3, 0.4) is 0 Å². The maximum absolute atomic E-state index is 12.9. The number of amides is 1. The van der Waals surface area contributed by atoms with E-state index in [0.717, 1.165) is 40.2 Å². The monoisotopic (exact) mass is 465 g/mol. The fourth-order valence-corrected chi connectivity index (χ4v) is 4.83. The Bertz CT molecular complexity index is 1090. The van der Waals surface area contributed by atoms with E-state index in [-0.39, 0.29) is 5.69 Å². The van der Waals surface area contributed by atoms with Crippen LogP contribution in [0.15, 0.2) is 30.3 Å². The maximum Gasteiger partial charge on any atom is 0.433 e. The molecule has 0 spiro atoms. The van der Waals surface area contributed by atoms with E-state index >= 15 is 0 Å². The summed E-state index contributed by atoms with van der Waals surface area (Å²) >= 11 is 1.58. The van der Waals surface area contributed by atoms with Gasteiger partial charge < -0.3 is 14.8 Å². The topological polar surface area (TPSA) is 81.2 Å². The van der Waals surface area contributed by atoms with Crippen molar-refractivity contribution in [3.8, 4) is 5.75 Å². The van der Waals surface area contributed by atoms with Crippen molar-refractivity contribution in [2.75, 3.05) is 12.4 Å². The van der Waals surface area contributed by atoms with Crippen LogP contribution in [0.5, 0.6) is 5.75 Å². The number of carbonyl (C=O) groups excluding carboxylic acids is 2. The van der Waals surface area contributed by atoms with Crippen LogP contribution in [0.2, 0.25) is 0 Å². The summed E-state index contributed by atoms with van der Waals surface area (Å²) in [5.41, 5.74) is -0.281. The number of pyridine rings is 1. The van der Waals surface area contributed by atoms with Gasteiger partial charge >= 0.3 is 6.18 Å². The van der Waals surface area contributed by atoms with Crippen molar-refractivity contribution in [2.24, 2.45) is 0 Å². The van der Waals surface area contributed by atoms with E-state index in [0.29, 0.717) is 17.4 Å². The van der Waals surface area contributed by atoms with Crippen molar-refractivity contribution >= 4 is 39.9 Å². The predicted octanol–water partition coefficient (Wildman–Crippen LogP) is 5.83. The molecule has 1 aromatic carbocycles. The summed E-state index contributed by atoms with van der Waals surface area (Å²) in [6, 6.07) is 6.72. The number of benzene rings is 1. The lowest BCUT2D eigenvalue weighted by molar-refractivity contribution is -0.141. The Labute approximate surface area is 186 Å². The van der Waals surface area contributed by atoms with Crippen molar-refractivity contribution in [2.45, 2.75) is 44.2 Å². The average molecular weight is 465 g/mol. The minimum atomic E-state index is -4.62. The summed E-state index contributed by atoms with van der Waals surface area (Å²) in [6.07, 6.45) is 1.30. The summed E-state index contributed by atoms with van der Waals surface area (Å²) in [7, 11) is 1.47. The van der Waals surface area contributed by atoms with Gasteiger partial charge in [-0.2, -0.15) is 13.2 Å². The Hall–Kier alpha value is -3.01. The van der Waals surface area contributed by atoms with Gasteiger partial charge in [0.2, 0.25) is 0 Å². The second kappa shape index (κ2) is 10.1. The van der Waals surface area contributed by atoms with Crippen LogP contribution in [0.4, 0.5) is 18.9 Å². The molecule has 0 saturated heterocycles. The van der Waals surface area contributed by atoms with Gasteiger partial charge in [0.15, 0.2) is 0 Å². The standard InChI is InChI=1S/C21H20F3N3O2S.CH2O/c1-29-16-10-15-17(30-20(27-15)12-6-3-2-4-7-12)11-14(16)26-19(28)13-8-5-9-18(25-13)21(22,23)24;1-2/h5,8-12H,2-4,6-7H2,1H3,(H,26,28);1H2. The molecule has 0 radical (unpaired) electrons. The fourth-order valence-electron chi connectivity index (χ4n) is 3.67. The molecule has 170 valence electrons. The van der Waals surface area contributed by atoms with E-state index in [1.165, 1.54) is 32.4 Å². The number of ether oxygens (including phenoxy) is 1. The quantitative estimate of drug-likeness (QED) is 0.524. The average Bonchev–Trinajstić information content (AvgIpc) is 3.23. The van der Waals surface area contributed by atoms with Crippen molar-refractivity contribution in [3.05, 3.63) is 46.7 Å². The molecular weight excluding hydrogens is 443 g/mol. The van der Waals surface area contributed by atoms with E-state index < -0.39 is 17.8 Å². The number of halogens is 3. The molecule has 10 heteroatoms. The first kappa shape index (κ1) is 23.6. The Morgan fingerprint density at radius 2 is 1.88 bits per heavy atom.